The number of carbonyl (C=O) groups is 1. The molecule has 1 aromatic carbocycles. The third-order valence-corrected chi connectivity index (χ3v) is 2.03. The number of benzene rings is 1. The zero-order valence-corrected chi connectivity index (χ0v) is 9.67. The van der Waals surface area contributed by atoms with Gasteiger partial charge in [-0.15, -0.1) is 0 Å². The van der Waals surface area contributed by atoms with Crippen molar-refractivity contribution in [3.8, 4) is 5.75 Å². The van der Waals surface area contributed by atoms with Gasteiger partial charge in [-0.2, -0.15) is 8.78 Å². The monoisotopic (exact) mass is 262 g/mol. The number of carbonyl (C=O) groups excluding carboxylic acids is 1. The molecule has 4 nitrogen and oxygen atoms in total. The van der Waals surface area contributed by atoms with Crippen LogP contribution in [0.25, 0.3) is 0 Å². The van der Waals surface area contributed by atoms with E-state index in [-0.39, 0.29) is 18.0 Å². The first-order chi connectivity index (χ1) is 8.52. The molecule has 0 heterocycles. The average Bonchev–Trinajstić information content (AvgIpc) is 2.29. The lowest BCUT2D eigenvalue weighted by molar-refractivity contribution is -0.116. The van der Waals surface area contributed by atoms with Crippen molar-refractivity contribution in [2.75, 3.05) is 18.9 Å². The number of hydrogen-bond donors (Lipinski definition) is 2. The summed E-state index contributed by atoms with van der Waals surface area (Å²) in [5.41, 5.74) is 0.190. The largest absolute Gasteiger partial charge is 0.432 e. The SMILES string of the molecule is CNCCC(=O)Nc1ccc(OC(F)F)c(F)c1. The Morgan fingerprint density at radius 3 is 2.72 bits per heavy atom. The maximum atomic E-state index is 13.3. The van der Waals surface area contributed by atoms with Crippen LogP contribution in [-0.4, -0.2) is 26.1 Å². The third-order valence-electron chi connectivity index (χ3n) is 2.03. The fourth-order valence-electron chi connectivity index (χ4n) is 1.23. The lowest BCUT2D eigenvalue weighted by atomic mass is 10.2. The first-order valence-electron chi connectivity index (χ1n) is 5.21. The number of alkyl halides is 2. The summed E-state index contributed by atoms with van der Waals surface area (Å²) < 4.78 is 41.0. The van der Waals surface area contributed by atoms with Crippen molar-refractivity contribution in [3.63, 3.8) is 0 Å². The summed E-state index contributed by atoms with van der Waals surface area (Å²) in [5.74, 6) is -1.81. The van der Waals surface area contributed by atoms with Gasteiger partial charge >= 0.3 is 6.61 Å². The van der Waals surface area contributed by atoms with Crippen LogP contribution in [0.5, 0.6) is 5.75 Å². The fourth-order valence-corrected chi connectivity index (χ4v) is 1.23. The normalized spacial score (nSPS) is 10.5. The summed E-state index contributed by atoms with van der Waals surface area (Å²) in [5, 5.41) is 5.22. The minimum Gasteiger partial charge on any atom is -0.432 e. The molecule has 0 spiro atoms. The number of hydrogen-bond acceptors (Lipinski definition) is 3. The zero-order chi connectivity index (χ0) is 13.5. The second-order valence-electron chi connectivity index (χ2n) is 3.43. The van der Waals surface area contributed by atoms with E-state index in [4.69, 9.17) is 0 Å². The van der Waals surface area contributed by atoms with Crippen LogP contribution < -0.4 is 15.4 Å². The summed E-state index contributed by atoms with van der Waals surface area (Å²) in [7, 11) is 1.70. The van der Waals surface area contributed by atoms with E-state index in [1.54, 1.807) is 7.05 Å². The fraction of sp³-hybridized carbons (Fsp3) is 0.364. The third kappa shape index (κ3) is 4.62. The van der Waals surface area contributed by atoms with Crippen molar-refractivity contribution in [2.45, 2.75) is 13.0 Å². The first kappa shape index (κ1) is 14.3. The number of ether oxygens (including phenoxy) is 1. The zero-order valence-electron chi connectivity index (χ0n) is 9.67. The molecule has 7 heteroatoms. The van der Waals surface area contributed by atoms with Gasteiger partial charge in [-0.05, 0) is 19.2 Å². The summed E-state index contributed by atoms with van der Waals surface area (Å²) in [6, 6.07) is 3.25. The molecule has 1 rings (SSSR count). The molecular weight excluding hydrogens is 249 g/mol. The van der Waals surface area contributed by atoms with Gasteiger partial charge in [-0.1, -0.05) is 0 Å². The average molecular weight is 262 g/mol. The lowest BCUT2D eigenvalue weighted by Crippen LogP contribution is -2.18. The van der Waals surface area contributed by atoms with Gasteiger partial charge in [0.1, 0.15) is 0 Å². The standard InChI is InChI=1S/C11H13F3N2O2/c1-15-5-4-10(17)16-7-2-3-9(8(12)6-7)18-11(13)14/h2-3,6,11,15H,4-5H2,1H3,(H,16,17). The smallest absolute Gasteiger partial charge is 0.387 e. The molecule has 18 heavy (non-hydrogen) atoms. The Morgan fingerprint density at radius 1 is 1.44 bits per heavy atom. The molecule has 0 fully saturated rings. The maximum absolute atomic E-state index is 13.3. The molecular formula is C11H13F3N2O2. The van der Waals surface area contributed by atoms with Crippen LogP contribution in [0.15, 0.2) is 18.2 Å². The number of nitrogens with one attached hydrogen (secondary N) is 2. The lowest BCUT2D eigenvalue weighted by Gasteiger charge is -2.08. The van der Waals surface area contributed by atoms with Gasteiger partial charge in [-0.3, -0.25) is 4.79 Å². The van der Waals surface area contributed by atoms with Crippen molar-refractivity contribution in [2.24, 2.45) is 0 Å². The first-order valence-corrected chi connectivity index (χ1v) is 5.21. The van der Waals surface area contributed by atoms with Crippen molar-refractivity contribution in [3.05, 3.63) is 24.0 Å². The molecule has 100 valence electrons. The summed E-state index contributed by atoms with van der Waals surface area (Å²) >= 11 is 0. The minimum atomic E-state index is -3.09. The van der Waals surface area contributed by atoms with Crippen molar-refractivity contribution >= 4 is 11.6 Å². The molecule has 2 N–H and O–H groups in total. The van der Waals surface area contributed by atoms with Crippen LogP contribution >= 0.6 is 0 Å². The molecule has 0 saturated carbocycles. The van der Waals surface area contributed by atoms with E-state index in [9.17, 15) is 18.0 Å². The highest BCUT2D eigenvalue weighted by atomic mass is 19.3. The molecule has 0 atom stereocenters. The van der Waals surface area contributed by atoms with E-state index in [1.165, 1.54) is 6.07 Å². The molecule has 0 aliphatic heterocycles. The van der Waals surface area contributed by atoms with Gasteiger partial charge in [0.2, 0.25) is 5.91 Å². The highest BCUT2D eigenvalue weighted by Crippen LogP contribution is 2.22. The van der Waals surface area contributed by atoms with Crippen LogP contribution in [0.2, 0.25) is 0 Å². The molecule has 1 aromatic rings. The Balaban J connectivity index is 2.63. The number of rotatable bonds is 6. The minimum absolute atomic E-state index is 0.190. The van der Waals surface area contributed by atoms with Gasteiger partial charge in [0, 0.05) is 24.7 Å². The molecule has 0 radical (unpaired) electrons. The van der Waals surface area contributed by atoms with E-state index in [2.05, 4.69) is 15.4 Å². The summed E-state index contributed by atoms with van der Waals surface area (Å²) in [6.07, 6.45) is 0.230. The second kappa shape index (κ2) is 6.85. The molecule has 0 aromatic heterocycles. The summed E-state index contributed by atoms with van der Waals surface area (Å²) in [4.78, 5) is 11.3. The second-order valence-corrected chi connectivity index (χ2v) is 3.43. The molecule has 1 amide bonds. The maximum Gasteiger partial charge on any atom is 0.387 e. The van der Waals surface area contributed by atoms with Crippen LogP contribution in [0.1, 0.15) is 6.42 Å². The van der Waals surface area contributed by atoms with E-state index < -0.39 is 18.2 Å². The van der Waals surface area contributed by atoms with Crippen LogP contribution in [0.4, 0.5) is 18.9 Å². The van der Waals surface area contributed by atoms with Crippen molar-refractivity contribution in [1.82, 2.24) is 5.32 Å². The van der Waals surface area contributed by atoms with Crippen LogP contribution in [0, 0.1) is 5.82 Å². The quantitative estimate of drug-likeness (QED) is 0.824. The molecule has 0 unspecified atom stereocenters. The number of amides is 1. The van der Waals surface area contributed by atoms with Crippen LogP contribution in [0.3, 0.4) is 0 Å². The van der Waals surface area contributed by atoms with Crippen molar-refractivity contribution in [1.29, 1.82) is 0 Å². The van der Waals surface area contributed by atoms with Crippen molar-refractivity contribution < 1.29 is 22.7 Å². The molecule has 0 aliphatic carbocycles. The van der Waals surface area contributed by atoms with Gasteiger partial charge < -0.3 is 15.4 Å². The Kier molecular flexibility index (Phi) is 5.44. The number of halogens is 3. The van der Waals surface area contributed by atoms with Gasteiger partial charge in [0.15, 0.2) is 11.6 Å². The Labute approximate surface area is 102 Å². The Bertz CT molecular complexity index is 413. The van der Waals surface area contributed by atoms with E-state index in [0.29, 0.717) is 6.54 Å². The Morgan fingerprint density at radius 2 is 2.17 bits per heavy atom. The van der Waals surface area contributed by atoms with Crippen LogP contribution in [-0.2, 0) is 4.79 Å². The highest BCUT2D eigenvalue weighted by molar-refractivity contribution is 5.90. The predicted octanol–water partition coefficient (Wildman–Crippen LogP) is 1.98. The summed E-state index contributed by atoms with van der Waals surface area (Å²) in [6.45, 7) is -2.60. The molecule has 0 aliphatic rings. The molecule has 0 bridgehead atoms. The van der Waals surface area contributed by atoms with E-state index in [1.807, 2.05) is 0 Å². The van der Waals surface area contributed by atoms with Gasteiger partial charge in [0.25, 0.3) is 0 Å². The van der Waals surface area contributed by atoms with E-state index >= 15 is 0 Å². The van der Waals surface area contributed by atoms with E-state index in [0.717, 1.165) is 12.1 Å². The molecule has 0 saturated heterocycles. The topological polar surface area (TPSA) is 50.4 Å². The highest BCUT2D eigenvalue weighted by Gasteiger charge is 2.11. The Hall–Kier alpha value is -1.76. The predicted molar refractivity (Wildman–Crippen MR) is 60.2 cm³/mol. The number of anilines is 1. The van der Waals surface area contributed by atoms with Gasteiger partial charge in [0.05, 0.1) is 0 Å². The van der Waals surface area contributed by atoms with Gasteiger partial charge in [-0.25, -0.2) is 4.39 Å².